The summed E-state index contributed by atoms with van der Waals surface area (Å²) in [5, 5.41) is 11.0. The van der Waals surface area contributed by atoms with E-state index in [0.29, 0.717) is 29.1 Å². The predicted molar refractivity (Wildman–Crippen MR) is 133 cm³/mol. The molecule has 1 N–H and O–H groups in total. The number of carbonyl (C=O) groups is 2. The number of nitrogens with zero attached hydrogens (tertiary/aromatic N) is 4. The molecule has 1 atom stereocenters. The number of para-hydroxylation sites is 2. The number of anilines is 1. The molecule has 7 nitrogen and oxygen atoms in total. The predicted octanol–water partition coefficient (Wildman–Crippen LogP) is 4.65. The van der Waals surface area contributed by atoms with Crippen LogP contribution in [-0.4, -0.2) is 33.4 Å². The Bertz CT molecular complexity index is 1350. The molecule has 0 fully saturated rings. The summed E-state index contributed by atoms with van der Waals surface area (Å²) < 4.78 is 30.2. The van der Waals surface area contributed by atoms with Crippen molar-refractivity contribution in [1.29, 1.82) is 0 Å². The van der Waals surface area contributed by atoms with Gasteiger partial charge in [-0.1, -0.05) is 55.5 Å². The van der Waals surface area contributed by atoms with Gasteiger partial charge >= 0.3 is 0 Å². The second kappa shape index (κ2) is 11.1. The van der Waals surface area contributed by atoms with E-state index in [1.54, 1.807) is 30.3 Å². The average Bonchev–Trinajstić information content (AvgIpc) is 3.26. The first-order valence-corrected chi connectivity index (χ1v) is 11.7. The van der Waals surface area contributed by atoms with Crippen molar-refractivity contribution in [3.8, 4) is 0 Å². The summed E-state index contributed by atoms with van der Waals surface area (Å²) in [5.41, 5.74) is 1.50. The highest BCUT2D eigenvalue weighted by molar-refractivity contribution is 6.01. The topological polar surface area (TPSA) is 80.1 Å². The molecule has 0 saturated carbocycles. The Morgan fingerprint density at radius 2 is 1.67 bits per heavy atom. The molecule has 36 heavy (non-hydrogen) atoms. The highest BCUT2D eigenvalue weighted by Crippen LogP contribution is 2.31. The zero-order valence-corrected chi connectivity index (χ0v) is 20.1. The summed E-state index contributed by atoms with van der Waals surface area (Å²) in [6.45, 7) is 4.15. The molecule has 0 radical (unpaired) electrons. The van der Waals surface area contributed by atoms with Crippen LogP contribution in [0.3, 0.4) is 0 Å². The molecule has 186 valence electrons. The van der Waals surface area contributed by atoms with Gasteiger partial charge in [0.2, 0.25) is 11.8 Å². The Morgan fingerprint density at radius 3 is 2.39 bits per heavy atom. The van der Waals surface area contributed by atoms with Gasteiger partial charge in [-0.25, -0.2) is 13.5 Å². The molecule has 2 amide bonds. The average molecular weight is 492 g/mol. The van der Waals surface area contributed by atoms with Gasteiger partial charge in [0.15, 0.2) is 0 Å². The number of rotatable bonds is 9. The lowest BCUT2D eigenvalue weighted by atomic mass is 10.0. The number of amides is 2. The highest BCUT2D eigenvalue weighted by Gasteiger charge is 2.34. The number of halogens is 2. The minimum Gasteiger partial charge on any atom is -0.354 e. The van der Waals surface area contributed by atoms with E-state index >= 15 is 4.39 Å². The Kier molecular flexibility index (Phi) is 7.68. The van der Waals surface area contributed by atoms with Crippen molar-refractivity contribution >= 4 is 28.5 Å². The first kappa shape index (κ1) is 25.0. The summed E-state index contributed by atoms with van der Waals surface area (Å²) >= 11 is 0. The van der Waals surface area contributed by atoms with Gasteiger partial charge in [0, 0.05) is 6.54 Å². The summed E-state index contributed by atoms with van der Waals surface area (Å²) in [6.07, 6.45) is 0.723. The molecular formula is C27H27F2N5O2. The van der Waals surface area contributed by atoms with Gasteiger partial charge in [-0.3, -0.25) is 14.5 Å². The molecule has 3 aromatic carbocycles. The molecule has 0 aliphatic rings. The molecule has 0 spiro atoms. The maximum atomic E-state index is 15.1. The summed E-state index contributed by atoms with van der Waals surface area (Å²) in [6, 6.07) is 16.9. The van der Waals surface area contributed by atoms with E-state index in [9.17, 15) is 14.0 Å². The molecule has 1 heterocycles. The second-order valence-electron chi connectivity index (χ2n) is 8.88. The van der Waals surface area contributed by atoms with Crippen molar-refractivity contribution in [2.45, 2.75) is 32.9 Å². The largest absolute Gasteiger partial charge is 0.354 e. The molecule has 4 rings (SSSR count). The summed E-state index contributed by atoms with van der Waals surface area (Å²) in [4.78, 5) is 28.4. The second-order valence-corrected chi connectivity index (χ2v) is 8.88. The molecule has 0 unspecified atom stereocenters. The van der Waals surface area contributed by atoms with Gasteiger partial charge in [0.25, 0.3) is 0 Å². The van der Waals surface area contributed by atoms with E-state index in [0.717, 1.165) is 11.3 Å². The summed E-state index contributed by atoms with van der Waals surface area (Å²) in [7, 11) is 0. The van der Waals surface area contributed by atoms with Crippen LogP contribution in [0.5, 0.6) is 0 Å². The number of benzene rings is 3. The Morgan fingerprint density at radius 1 is 0.972 bits per heavy atom. The van der Waals surface area contributed by atoms with Crippen molar-refractivity contribution in [1.82, 2.24) is 20.3 Å². The standard InChI is InChI=1S/C27H27F2N5O2/c1-18(2)15-16-30-27(36)26(19-11-13-20(28)14-12-19)34(23-9-5-3-7-21(23)29)25(35)17-33-24-10-6-4-8-22(24)31-32-33/h3-14,18,26H,15-17H2,1-2H3,(H,30,36)/t26-/m0/s1. The molecule has 0 aliphatic carbocycles. The van der Waals surface area contributed by atoms with Crippen LogP contribution in [0, 0.1) is 17.6 Å². The molecule has 9 heteroatoms. The monoisotopic (exact) mass is 491 g/mol. The molecule has 0 aliphatic heterocycles. The lowest BCUT2D eigenvalue weighted by Crippen LogP contribution is -2.46. The first-order valence-electron chi connectivity index (χ1n) is 11.7. The number of aromatic nitrogens is 3. The van der Waals surface area contributed by atoms with Gasteiger partial charge in [-0.2, -0.15) is 0 Å². The fourth-order valence-corrected chi connectivity index (χ4v) is 3.95. The third kappa shape index (κ3) is 5.56. The van der Waals surface area contributed by atoms with Crippen LogP contribution in [0.2, 0.25) is 0 Å². The van der Waals surface area contributed by atoms with Gasteiger partial charge < -0.3 is 5.32 Å². The van der Waals surface area contributed by atoms with Gasteiger partial charge in [-0.05, 0) is 54.3 Å². The lowest BCUT2D eigenvalue weighted by molar-refractivity contribution is -0.127. The Labute approximate surface area is 207 Å². The zero-order chi connectivity index (χ0) is 25.7. The van der Waals surface area contributed by atoms with Gasteiger partial charge in [0.1, 0.15) is 29.7 Å². The fraction of sp³-hybridized carbons (Fsp3) is 0.259. The van der Waals surface area contributed by atoms with Crippen LogP contribution in [0.1, 0.15) is 31.9 Å². The lowest BCUT2D eigenvalue weighted by Gasteiger charge is -2.32. The van der Waals surface area contributed by atoms with Crippen LogP contribution >= 0.6 is 0 Å². The quantitative estimate of drug-likeness (QED) is 0.370. The maximum absolute atomic E-state index is 15.1. The third-order valence-electron chi connectivity index (χ3n) is 5.80. The van der Waals surface area contributed by atoms with Gasteiger partial charge in [0.05, 0.1) is 11.2 Å². The van der Waals surface area contributed by atoms with Crippen LogP contribution < -0.4 is 10.2 Å². The molecule has 4 aromatic rings. The van der Waals surface area contributed by atoms with Crippen LogP contribution in [0.4, 0.5) is 14.5 Å². The van der Waals surface area contributed by atoms with Crippen molar-refractivity contribution in [2.75, 3.05) is 11.4 Å². The fourth-order valence-electron chi connectivity index (χ4n) is 3.95. The molecule has 0 bridgehead atoms. The van der Waals surface area contributed by atoms with Crippen LogP contribution in [0.25, 0.3) is 11.0 Å². The van der Waals surface area contributed by atoms with Crippen molar-refractivity contribution in [3.05, 3.63) is 90.0 Å². The normalized spacial score (nSPS) is 12.0. The van der Waals surface area contributed by atoms with Crippen molar-refractivity contribution in [2.24, 2.45) is 5.92 Å². The molecule has 0 saturated heterocycles. The van der Waals surface area contributed by atoms with E-state index in [-0.39, 0.29) is 12.2 Å². The van der Waals surface area contributed by atoms with Crippen LogP contribution in [-0.2, 0) is 16.1 Å². The maximum Gasteiger partial charge on any atom is 0.249 e. The molecular weight excluding hydrogens is 464 g/mol. The number of hydrogen-bond acceptors (Lipinski definition) is 4. The van der Waals surface area contributed by atoms with E-state index < -0.39 is 29.5 Å². The highest BCUT2D eigenvalue weighted by atomic mass is 19.1. The van der Waals surface area contributed by atoms with E-state index in [1.165, 1.54) is 47.1 Å². The molecule has 1 aromatic heterocycles. The number of hydrogen-bond donors (Lipinski definition) is 1. The van der Waals surface area contributed by atoms with Crippen LogP contribution in [0.15, 0.2) is 72.8 Å². The van der Waals surface area contributed by atoms with Crippen molar-refractivity contribution in [3.63, 3.8) is 0 Å². The Hall–Kier alpha value is -4.14. The number of nitrogens with one attached hydrogen (secondary N) is 1. The minimum atomic E-state index is -1.24. The Balaban J connectivity index is 1.77. The summed E-state index contributed by atoms with van der Waals surface area (Å²) in [5.74, 6) is -1.89. The SMILES string of the molecule is CC(C)CCNC(=O)[C@H](c1ccc(F)cc1)N(C(=O)Cn1nnc2ccccc21)c1ccccc1F. The minimum absolute atomic E-state index is 0.0692. The smallest absolute Gasteiger partial charge is 0.249 e. The zero-order valence-electron chi connectivity index (χ0n) is 20.1. The van der Waals surface area contributed by atoms with Crippen molar-refractivity contribution < 1.29 is 18.4 Å². The van der Waals surface area contributed by atoms with E-state index in [2.05, 4.69) is 15.6 Å². The number of fused-ring (bicyclic) bond motifs is 1. The van der Waals surface area contributed by atoms with E-state index in [1.807, 2.05) is 13.8 Å². The first-order chi connectivity index (χ1) is 17.3. The van der Waals surface area contributed by atoms with E-state index in [4.69, 9.17) is 0 Å². The third-order valence-corrected chi connectivity index (χ3v) is 5.80. The number of carbonyl (C=O) groups excluding carboxylic acids is 2. The van der Waals surface area contributed by atoms with Gasteiger partial charge in [-0.15, -0.1) is 5.10 Å².